The molecule has 1 spiro atoms. The predicted molar refractivity (Wildman–Crippen MR) is 190 cm³/mol. The highest BCUT2D eigenvalue weighted by Crippen LogP contribution is 2.67. The van der Waals surface area contributed by atoms with Crippen LogP contribution in [0.15, 0.2) is 36.0 Å². The second-order valence-electron chi connectivity index (χ2n) is 15.0. The van der Waals surface area contributed by atoms with Gasteiger partial charge in [0.1, 0.15) is 11.5 Å². The molecule has 1 aliphatic heterocycles. The van der Waals surface area contributed by atoms with Gasteiger partial charge in [-0.15, -0.1) is 0 Å². The monoisotopic (exact) mass is 704 g/mol. The average Bonchev–Trinajstić information content (AvgIpc) is 3.35. The molecule has 1 saturated heterocycles. The topological polar surface area (TPSA) is 149 Å². The van der Waals surface area contributed by atoms with Crippen molar-refractivity contribution in [2.75, 3.05) is 6.61 Å². The van der Waals surface area contributed by atoms with Crippen LogP contribution >= 0.6 is 0 Å². The normalized spacial score (nSPS) is 32.0. The van der Waals surface area contributed by atoms with E-state index in [9.17, 15) is 29.7 Å². The summed E-state index contributed by atoms with van der Waals surface area (Å²) in [5, 5.41) is 33.1. The van der Waals surface area contributed by atoms with E-state index in [-0.39, 0.29) is 19.4 Å². The number of aliphatic hydroxyl groups excluding tert-OH is 3. The van der Waals surface area contributed by atoms with Crippen LogP contribution in [0.1, 0.15) is 137 Å². The second-order valence-corrected chi connectivity index (χ2v) is 15.0. The number of esters is 3. The molecule has 0 bridgehead atoms. The van der Waals surface area contributed by atoms with Crippen LogP contribution < -0.4 is 0 Å². The quantitative estimate of drug-likeness (QED) is 0.0375. The number of carbonyl (C=O) groups excluding carboxylic acids is 3. The number of rotatable bonds is 21. The first-order valence-corrected chi connectivity index (χ1v) is 19.1. The van der Waals surface area contributed by atoms with Gasteiger partial charge in [-0.3, -0.25) is 19.1 Å². The Hall–Kier alpha value is -2.53. The smallest absolute Gasteiger partial charge is 0.306 e. The molecule has 9 unspecified atom stereocenters. The molecule has 0 amide bonds. The summed E-state index contributed by atoms with van der Waals surface area (Å²) in [6.07, 6.45) is 14.7. The molecule has 2 fully saturated rings. The van der Waals surface area contributed by atoms with Crippen molar-refractivity contribution in [3.05, 3.63) is 36.0 Å². The summed E-state index contributed by atoms with van der Waals surface area (Å²) in [5.41, 5.74) is -1.38. The predicted octanol–water partition coefficient (Wildman–Crippen LogP) is 6.99. The molecule has 3 rings (SSSR count). The number of ether oxygens (including phenoxy) is 4. The molecule has 1 saturated carbocycles. The number of aliphatic hydroxyl groups is 3. The Morgan fingerprint density at radius 3 is 2.00 bits per heavy atom. The molecule has 2 aliphatic carbocycles. The minimum absolute atomic E-state index is 0.156. The van der Waals surface area contributed by atoms with Gasteiger partial charge < -0.3 is 29.5 Å². The zero-order valence-corrected chi connectivity index (χ0v) is 31.2. The van der Waals surface area contributed by atoms with Crippen LogP contribution in [0, 0.1) is 22.7 Å². The third-order valence-electron chi connectivity index (χ3n) is 11.5. The summed E-state index contributed by atoms with van der Waals surface area (Å²) in [5.74, 6) is -2.87. The van der Waals surface area contributed by atoms with Gasteiger partial charge in [0.2, 0.25) is 12.6 Å². The number of unbranched alkanes of at least 4 members (excludes halogenated alkanes) is 12. The van der Waals surface area contributed by atoms with Crippen molar-refractivity contribution in [3.8, 4) is 0 Å². The summed E-state index contributed by atoms with van der Waals surface area (Å²) in [6, 6.07) is 0. The highest BCUT2D eigenvalue weighted by molar-refractivity contribution is 5.70. The molecule has 9 atom stereocenters. The second kappa shape index (κ2) is 19.9. The van der Waals surface area contributed by atoms with E-state index in [1.165, 1.54) is 77.7 Å². The number of allylic oxidation sites excluding steroid dienone is 1. The average molecular weight is 705 g/mol. The summed E-state index contributed by atoms with van der Waals surface area (Å²) < 4.78 is 23.7. The van der Waals surface area contributed by atoms with Gasteiger partial charge in [-0.25, -0.2) is 0 Å². The van der Waals surface area contributed by atoms with E-state index in [2.05, 4.69) is 13.5 Å². The molecule has 0 aromatic heterocycles. The fourth-order valence-electron chi connectivity index (χ4n) is 8.57. The van der Waals surface area contributed by atoms with Crippen molar-refractivity contribution in [2.45, 2.75) is 168 Å². The first kappa shape index (κ1) is 41.9. The van der Waals surface area contributed by atoms with Crippen molar-refractivity contribution in [3.63, 3.8) is 0 Å². The van der Waals surface area contributed by atoms with Gasteiger partial charge in [-0.2, -0.15) is 0 Å². The van der Waals surface area contributed by atoms with Crippen molar-refractivity contribution in [2.24, 2.45) is 22.7 Å². The lowest BCUT2D eigenvalue weighted by Gasteiger charge is -2.62. The van der Waals surface area contributed by atoms with E-state index in [0.717, 1.165) is 19.3 Å². The van der Waals surface area contributed by atoms with Crippen LogP contribution in [0.25, 0.3) is 0 Å². The Bertz CT molecular complexity index is 1190. The Balaban J connectivity index is 1.81. The number of hydrogen-bond acceptors (Lipinski definition) is 10. The standard InChI is InChI=1S/C40H64O10/c1-7-9-10-11-12-13-14-15-16-17-18-19-20-21-34(45)49-36-35(46)27(3)39(6,23-22-30(8-2)26-41)33-25-31(44)24-32-37(47-28(4)42)50-38(40(32,33)36)48-29(5)43/h8,22,24,27,31,33,35-38,41,44,46H,2,7,9-21,23,25-26H2,1,3-6H3. The Kier molecular flexibility index (Phi) is 16.7. The lowest BCUT2D eigenvalue weighted by Crippen LogP contribution is -2.68. The van der Waals surface area contributed by atoms with Gasteiger partial charge in [0.15, 0.2) is 0 Å². The highest BCUT2D eigenvalue weighted by Gasteiger charge is 2.74. The maximum atomic E-state index is 13.5. The fourth-order valence-corrected chi connectivity index (χ4v) is 8.57. The van der Waals surface area contributed by atoms with Crippen LogP contribution in [-0.4, -0.2) is 70.7 Å². The third-order valence-corrected chi connectivity index (χ3v) is 11.5. The summed E-state index contributed by atoms with van der Waals surface area (Å²) >= 11 is 0. The number of carbonyl (C=O) groups is 3. The molecule has 3 N–H and O–H groups in total. The van der Waals surface area contributed by atoms with Crippen molar-refractivity contribution in [1.82, 2.24) is 0 Å². The Labute approximate surface area is 299 Å². The molecular formula is C40H64O10. The van der Waals surface area contributed by atoms with Crippen LogP contribution in [0.3, 0.4) is 0 Å². The van der Waals surface area contributed by atoms with E-state index < -0.39 is 71.5 Å². The highest BCUT2D eigenvalue weighted by atomic mass is 16.8. The fraction of sp³-hybridized carbons (Fsp3) is 0.775. The van der Waals surface area contributed by atoms with Gasteiger partial charge in [0.25, 0.3) is 0 Å². The molecule has 50 heavy (non-hydrogen) atoms. The van der Waals surface area contributed by atoms with E-state index in [0.29, 0.717) is 24.0 Å². The molecule has 0 aromatic carbocycles. The van der Waals surface area contributed by atoms with Gasteiger partial charge in [-0.05, 0) is 48.2 Å². The minimum atomic E-state index is -1.47. The number of hydrogen-bond donors (Lipinski definition) is 3. The summed E-state index contributed by atoms with van der Waals surface area (Å²) in [6.45, 7) is 12.1. The summed E-state index contributed by atoms with van der Waals surface area (Å²) in [7, 11) is 0. The zero-order valence-electron chi connectivity index (χ0n) is 31.2. The largest absolute Gasteiger partial charge is 0.458 e. The van der Waals surface area contributed by atoms with Gasteiger partial charge in [0.05, 0.1) is 18.8 Å². The molecule has 10 nitrogen and oxygen atoms in total. The van der Waals surface area contributed by atoms with E-state index in [1.807, 2.05) is 19.9 Å². The Morgan fingerprint density at radius 2 is 1.48 bits per heavy atom. The SMILES string of the molecule is C=CC(=CCC1(C)C(C)C(O)C(OC(=O)CCCCCCCCCCCCCCC)C23C(=CC(O)CC12)C(OC(C)=O)OC3OC(C)=O)CO. The molecule has 284 valence electrons. The van der Waals surface area contributed by atoms with Crippen LogP contribution in [0.4, 0.5) is 0 Å². The van der Waals surface area contributed by atoms with Gasteiger partial charge >= 0.3 is 17.9 Å². The third kappa shape index (κ3) is 10.1. The molecule has 1 heterocycles. The van der Waals surface area contributed by atoms with E-state index in [4.69, 9.17) is 18.9 Å². The van der Waals surface area contributed by atoms with Gasteiger partial charge in [0, 0.05) is 25.8 Å². The molecule has 0 radical (unpaired) electrons. The molecular weight excluding hydrogens is 640 g/mol. The lowest BCUT2D eigenvalue weighted by atomic mass is 9.44. The van der Waals surface area contributed by atoms with Crippen LogP contribution in [0.5, 0.6) is 0 Å². The lowest BCUT2D eigenvalue weighted by molar-refractivity contribution is -0.276. The maximum Gasteiger partial charge on any atom is 0.306 e. The van der Waals surface area contributed by atoms with Crippen LogP contribution in [0.2, 0.25) is 0 Å². The molecule has 10 heteroatoms. The maximum absolute atomic E-state index is 13.5. The van der Waals surface area contributed by atoms with E-state index >= 15 is 0 Å². The first-order chi connectivity index (χ1) is 23.9. The molecule has 0 aromatic rings. The summed E-state index contributed by atoms with van der Waals surface area (Å²) in [4.78, 5) is 38.3. The molecule has 3 aliphatic rings. The Morgan fingerprint density at radius 1 is 0.920 bits per heavy atom. The van der Waals surface area contributed by atoms with Crippen molar-refractivity contribution < 1.29 is 48.7 Å². The van der Waals surface area contributed by atoms with E-state index in [1.54, 1.807) is 6.08 Å². The van der Waals surface area contributed by atoms with Gasteiger partial charge in [-0.1, -0.05) is 117 Å². The van der Waals surface area contributed by atoms with Crippen molar-refractivity contribution in [1.29, 1.82) is 0 Å². The minimum Gasteiger partial charge on any atom is -0.458 e. The first-order valence-electron chi connectivity index (χ1n) is 19.1. The zero-order chi connectivity index (χ0) is 36.9. The van der Waals surface area contributed by atoms with Crippen molar-refractivity contribution >= 4 is 17.9 Å². The van der Waals surface area contributed by atoms with Crippen LogP contribution in [-0.2, 0) is 33.3 Å².